The molecule has 4 N–H and O–H groups in total. The van der Waals surface area contributed by atoms with E-state index in [9.17, 15) is 19.5 Å². The second-order valence-corrected chi connectivity index (χ2v) is 13.5. The SMILES string of the molecule is C[C@@H]1CCCCO[C@H](CN(C)C(=O)Nc2ccc3c(c2)OCO3)[C@@H](C)CN([C@H](C)CO)C(=O)c2cc(NC(=O)Nc3ccc4c(c3)OCO4)ccc2O1. The van der Waals surface area contributed by atoms with Gasteiger partial charge in [-0.1, -0.05) is 6.92 Å². The average Bonchev–Trinajstić information content (AvgIpc) is 3.82. The fourth-order valence-corrected chi connectivity index (χ4v) is 6.28. The van der Waals surface area contributed by atoms with E-state index < -0.39 is 18.2 Å². The van der Waals surface area contributed by atoms with E-state index >= 15 is 0 Å². The van der Waals surface area contributed by atoms with Gasteiger partial charge in [0.2, 0.25) is 13.6 Å². The summed E-state index contributed by atoms with van der Waals surface area (Å²) in [5.41, 5.74) is 1.67. The van der Waals surface area contributed by atoms with E-state index in [2.05, 4.69) is 16.0 Å². The summed E-state index contributed by atoms with van der Waals surface area (Å²) in [6, 6.07) is 13.8. The minimum atomic E-state index is -0.568. The number of carbonyl (C=O) groups is 3. The summed E-state index contributed by atoms with van der Waals surface area (Å²) in [5, 5.41) is 18.8. The fraction of sp³-hybridized carbons (Fsp3) is 0.447. The van der Waals surface area contributed by atoms with Gasteiger partial charge in [0.1, 0.15) is 5.75 Å². The van der Waals surface area contributed by atoms with Crippen molar-refractivity contribution in [3.05, 3.63) is 60.2 Å². The van der Waals surface area contributed by atoms with Crippen molar-refractivity contribution in [1.82, 2.24) is 9.80 Å². The third-order valence-electron chi connectivity index (χ3n) is 9.36. The molecule has 5 amide bonds. The van der Waals surface area contributed by atoms with Crippen molar-refractivity contribution in [1.29, 1.82) is 0 Å². The first kappa shape index (κ1) is 37.4. The Hall–Kier alpha value is -5.41. The van der Waals surface area contributed by atoms with E-state index in [1.165, 1.54) is 0 Å². The van der Waals surface area contributed by atoms with Crippen molar-refractivity contribution >= 4 is 35.0 Å². The molecule has 0 saturated carbocycles. The van der Waals surface area contributed by atoms with E-state index in [4.69, 9.17) is 28.4 Å². The van der Waals surface area contributed by atoms with Crippen LogP contribution in [0.4, 0.5) is 26.7 Å². The lowest BCUT2D eigenvalue weighted by atomic mass is 10.0. The van der Waals surface area contributed by atoms with Crippen LogP contribution in [0.1, 0.15) is 50.4 Å². The lowest BCUT2D eigenvalue weighted by Crippen LogP contribution is -2.48. The van der Waals surface area contributed by atoms with Crippen molar-refractivity contribution in [3.8, 4) is 28.7 Å². The summed E-state index contributed by atoms with van der Waals surface area (Å²) in [4.78, 5) is 43.9. The first-order valence-corrected chi connectivity index (χ1v) is 17.8. The van der Waals surface area contributed by atoms with Crippen LogP contribution in [0.5, 0.6) is 28.7 Å². The van der Waals surface area contributed by atoms with E-state index in [0.29, 0.717) is 58.8 Å². The number of urea groups is 2. The molecule has 284 valence electrons. The molecular formula is C38H47N5O10. The molecule has 15 heteroatoms. The first-order valence-electron chi connectivity index (χ1n) is 17.8. The van der Waals surface area contributed by atoms with Crippen molar-refractivity contribution in [3.63, 3.8) is 0 Å². The second-order valence-electron chi connectivity index (χ2n) is 13.5. The van der Waals surface area contributed by atoms with Crippen LogP contribution in [-0.2, 0) is 4.74 Å². The monoisotopic (exact) mass is 733 g/mol. The first-order chi connectivity index (χ1) is 25.6. The number of rotatable bonds is 7. The van der Waals surface area contributed by atoms with Gasteiger partial charge in [0.15, 0.2) is 23.0 Å². The number of amides is 5. The van der Waals surface area contributed by atoms with Crippen LogP contribution in [0.15, 0.2) is 54.6 Å². The third kappa shape index (κ3) is 9.34. The summed E-state index contributed by atoms with van der Waals surface area (Å²) in [6.45, 7) is 6.54. The zero-order chi connectivity index (χ0) is 37.5. The number of likely N-dealkylation sites (N-methyl/N-ethyl adjacent to an activating group) is 1. The molecule has 3 heterocycles. The van der Waals surface area contributed by atoms with Gasteiger partial charge in [-0.2, -0.15) is 0 Å². The van der Waals surface area contributed by atoms with Gasteiger partial charge in [0, 0.05) is 61.9 Å². The Morgan fingerprint density at radius 1 is 0.849 bits per heavy atom. The number of nitrogens with one attached hydrogen (secondary N) is 3. The average molecular weight is 734 g/mol. The largest absolute Gasteiger partial charge is 0.490 e. The number of benzene rings is 3. The molecular weight excluding hydrogens is 686 g/mol. The van der Waals surface area contributed by atoms with Crippen molar-refractivity contribution in [2.24, 2.45) is 5.92 Å². The van der Waals surface area contributed by atoms with E-state index in [0.717, 1.165) is 12.8 Å². The molecule has 0 radical (unpaired) electrons. The maximum absolute atomic E-state index is 14.5. The number of fused-ring (bicyclic) bond motifs is 3. The lowest BCUT2D eigenvalue weighted by Gasteiger charge is -2.35. The zero-order valence-corrected chi connectivity index (χ0v) is 30.4. The van der Waals surface area contributed by atoms with Crippen LogP contribution in [-0.4, -0.2) is 98.1 Å². The molecule has 0 bridgehead atoms. The van der Waals surface area contributed by atoms with Crippen LogP contribution < -0.4 is 39.6 Å². The Kier molecular flexibility index (Phi) is 11.9. The quantitative estimate of drug-likeness (QED) is 0.235. The van der Waals surface area contributed by atoms with Crippen LogP contribution in [0, 0.1) is 5.92 Å². The van der Waals surface area contributed by atoms with Crippen LogP contribution in [0.3, 0.4) is 0 Å². The van der Waals surface area contributed by atoms with Gasteiger partial charge in [0.05, 0.1) is 30.4 Å². The smallest absolute Gasteiger partial charge is 0.323 e. The Balaban J connectivity index is 1.19. The molecule has 6 rings (SSSR count). The predicted molar refractivity (Wildman–Crippen MR) is 196 cm³/mol. The second kappa shape index (κ2) is 16.9. The van der Waals surface area contributed by atoms with E-state index in [1.54, 1.807) is 78.4 Å². The molecule has 53 heavy (non-hydrogen) atoms. The van der Waals surface area contributed by atoms with E-state index in [1.807, 2.05) is 13.8 Å². The number of carbonyl (C=O) groups excluding carboxylic acids is 3. The molecule has 3 aliphatic heterocycles. The predicted octanol–water partition coefficient (Wildman–Crippen LogP) is 5.75. The number of hydrogen-bond acceptors (Lipinski definition) is 10. The normalized spacial score (nSPS) is 20.4. The summed E-state index contributed by atoms with van der Waals surface area (Å²) in [5.74, 6) is 2.04. The van der Waals surface area contributed by atoms with Crippen molar-refractivity contribution in [2.45, 2.75) is 58.3 Å². The van der Waals surface area contributed by atoms with Gasteiger partial charge in [-0.3, -0.25) is 4.79 Å². The standard InChI is InChI=1S/C38H47N5O10/c1-23-18-43(24(2)20-44)36(45)29-15-26(39-37(46)40-27-9-12-31-33(16-27)51-21-49-31)8-11-30(29)53-25(3)7-5-6-14-48-35(23)19-42(4)38(47)41-28-10-13-32-34(17-28)52-22-50-32/h8-13,15-17,23-25,35,44H,5-7,14,18-22H2,1-4H3,(H,41,47)(H2,39,40,46)/t23-,24+,25+,35+/m0/s1. The molecule has 0 saturated heterocycles. The zero-order valence-electron chi connectivity index (χ0n) is 30.4. The van der Waals surface area contributed by atoms with Gasteiger partial charge < -0.3 is 59.3 Å². The lowest BCUT2D eigenvalue weighted by molar-refractivity contribution is -0.0115. The summed E-state index contributed by atoms with van der Waals surface area (Å²) in [7, 11) is 1.69. The highest BCUT2D eigenvalue weighted by molar-refractivity contribution is 6.02. The van der Waals surface area contributed by atoms with Gasteiger partial charge in [-0.05, 0) is 75.6 Å². The molecule has 0 unspecified atom stereocenters. The highest BCUT2D eigenvalue weighted by atomic mass is 16.7. The van der Waals surface area contributed by atoms with Crippen LogP contribution >= 0.6 is 0 Å². The Morgan fingerprint density at radius 3 is 2.08 bits per heavy atom. The summed E-state index contributed by atoms with van der Waals surface area (Å²) in [6.07, 6.45) is 1.64. The molecule has 3 aliphatic rings. The molecule has 0 aromatic heterocycles. The van der Waals surface area contributed by atoms with Crippen LogP contribution in [0.25, 0.3) is 0 Å². The van der Waals surface area contributed by atoms with Gasteiger partial charge in [-0.15, -0.1) is 0 Å². The molecule has 0 aliphatic carbocycles. The third-order valence-corrected chi connectivity index (χ3v) is 9.36. The molecule has 0 fully saturated rings. The number of hydrogen-bond donors (Lipinski definition) is 4. The molecule has 3 aromatic rings. The highest BCUT2D eigenvalue weighted by Gasteiger charge is 2.31. The van der Waals surface area contributed by atoms with Gasteiger partial charge in [0.25, 0.3) is 5.91 Å². The summed E-state index contributed by atoms with van der Waals surface area (Å²) >= 11 is 0. The van der Waals surface area contributed by atoms with Crippen molar-refractivity contribution < 1.29 is 47.9 Å². The maximum atomic E-state index is 14.5. The molecule has 0 spiro atoms. The maximum Gasteiger partial charge on any atom is 0.323 e. The van der Waals surface area contributed by atoms with E-state index in [-0.39, 0.29) is 62.8 Å². The molecule has 4 atom stereocenters. The number of aliphatic hydroxyl groups is 1. The highest BCUT2D eigenvalue weighted by Crippen LogP contribution is 2.35. The molecule has 15 nitrogen and oxygen atoms in total. The number of aliphatic hydroxyl groups excluding tert-OH is 1. The number of nitrogens with zero attached hydrogens (tertiary/aromatic N) is 2. The molecule has 3 aromatic carbocycles. The summed E-state index contributed by atoms with van der Waals surface area (Å²) < 4.78 is 34.3. The van der Waals surface area contributed by atoms with Gasteiger partial charge >= 0.3 is 12.1 Å². The van der Waals surface area contributed by atoms with Crippen LogP contribution in [0.2, 0.25) is 0 Å². The number of anilines is 3. The van der Waals surface area contributed by atoms with Crippen molar-refractivity contribution in [2.75, 3.05) is 62.9 Å². The topological polar surface area (TPSA) is 169 Å². The Bertz CT molecular complexity index is 1790. The van der Waals surface area contributed by atoms with Gasteiger partial charge in [-0.25, -0.2) is 9.59 Å². The Labute approximate surface area is 308 Å². The minimum absolute atomic E-state index is 0.116. The fourth-order valence-electron chi connectivity index (χ4n) is 6.28. The minimum Gasteiger partial charge on any atom is -0.490 e. The Morgan fingerprint density at radius 2 is 1.43 bits per heavy atom. The number of ether oxygens (including phenoxy) is 6.